The van der Waals surface area contributed by atoms with Crippen molar-refractivity contribution in [2.24, 2.45) is 5.92 Å². The van der Waals surface area contributed by atoms with Gasteiger partial charge in [0.2, 0.25) is 5.91 Å². The monoisotopic (exact) mass is 355 g/mol. The van der Waals surface area contributed by atoms with Gasteiger partial charge in [0.1, 0.15) is 5.76 Å². The van der Waals surface area contributed by atoms with E-state index in [9.17, 15) is 9.59 Å². The molecule has 1 unspecified atom stereocenters. The van der Waals surface area contributed by atoms with Crippen molar-refractivity contribution in [2.45, 2.75) is 49.4 Å². The average molecular weight is 357 g/mol. The van der Waals surface area contributed by atoms with Gasteiger partial charge >= 0.3 is 0 Å². The first-order valence-corrected chi connectivity index (χ1v) is 7.97. The number of carbonyl (C=O) groups is 2. The zero-order valence-electron chi connectivity index (χ0n) is 12.4. The summed E-state index contributed by atoms with van der Waals surface area (Å²) in [6, 6.07) is -0.488. The molecule has 0 spiro atoms. The summed E-state index contributed by atoms with van der Waals surface area (Å²) in [5, 5.41) is 0. The number of hydrogen-bond acceptors (Lipinski definition) is 3. The van der Waals surface area contributed by atoms with Crippen molar-refractivity contribution in [2.75, 3.05) is 7.11 Å². The molecule has 120 valence electrons. The van der Waals surface area contributed by atoms with Gasteiger partial charge in [-0.2, -0.15) is 0 Å². The molecule has 0 bridgehead atoms. The van der Waals surface area contributed by atoms with Crippen LogP contribution in [-0.2, 0) is 14.3 Å². The van der Waals surface area contributed by atoms with Gasteiger partial charge < -0.3 is 4.74 Å². The van der Waals surface area contributed by atoms with Crippen LogP contribution in [-0.4, -0.2) is 33.7 Å². The first kappa shape index (κ1) is 18.6. The molecule has 1 rings (SSSR count). The van der Waals surface area contributed by atoms with E-state index >= 15 is 0 Å². The van der Waals surface area contributed by atoms with Crippen LogP contribution in [0.25, 0.3) is 0 Å². The number of rotatable bonds is 6. The number of halogens is 3. The molecule has 0 radical (unpaired) electrons. The minimum absolute atomic E-state index is 0.216. The molecule has 0 saturated carbocycles. The van der Waals surface area contributed by atoms with Crippen molar-refractivity contribution < 1.29 is 14.3 Å². The lowest BCUT2D eigenvalue weighted by molar-refractivity contribution is -0.143. The molecule has 21 heavy (non-hydrogen) atoms. The van der Waals surface area contributed by atoms with Crippen LogP contribution in [0, 0.1) is 5.92 Å². The van der Waals surface area contributed by atoms with Gasteiger partial charge in [-0.05, 0) is 25.2 Å². The quantitative estimate of drug-likeness (QED) is 0.679. The highest BCUT2D eigenvalue weighted by Gasteiger charge is 2.39. The highest BCUT2D eigenvalue weighted by molar-refractivity contribution is 6.67. The molecule has 0 aromatic heterocycles. The molecule has 1 atom stereocenters. The Morgan fingerprint density at radius 2 is 2.05 bits per heavy atom. The summed E-state index contributed by atoms with van der Waals surface area (Å²) in [5.41, 5.74) is 0. The van der Waals surface area contributed by atoms with Gasteiger partial charge in [0, 0.05) is 12.5 Å². The van der Waals surface area contributed by atoms with Crippen LogP contribution in [0.5, 0.6) is 0 Å². The van der Waals surface area contributed by atoms with E-state index in [-0.39, 0.29) is 18.2 Å². The van der Waals surface area contributed by atoms with Crippen molar-refractivity contribution in [3.63, 3.8) is 0 Å². The number of carbonyl (C=O) groups excluding carboxylic acids is 2. The van der Waals surface area contributed by atoms with E-state index in [4.69, 9.17) is 39.5 Å². The smallest absolute Gasteiger partial charge is 0.257 e. The Hall–Kier alpha value is -0.450. The van der Waals surface area contributed by atoms with Crippen LogP contribution in [0.3, 0.4) is 0 Å². The summed E-state index contributed by atoms with van der Waals surface area (Å²) in [5.74, 6) is 0.245. The molecule has 1 aliphatic heterocycles. The highest BCUT2D eigenvalue weighted by atomic mass is 35.6. The summed E-state index contributed by atoms with van der Waals surface area (Å²) in [6.45, 7) is 4.05. The van der Waals surface area contributed by atoms with Crippen molar-refractivity contribution >= 4 is 46.6 Å². The second-order valence-corrected chi connectivity index (χ2v) is 7.97. The molecule has 0 aromatic rings. The minimum Gasteiger partial charge on any atom is -0.499 e. The topological polar surface area (TPSA) is 46.6 Å². The van der Waals surface area contributed by atoms with Crippen molar-refractivity contribution in [3.05, 3.63) is 11.8 Å². The number of imide groups is 1. The van der Waals surface area contributed by atoms with Gasteiger partial charge in [-0.25, -0.2) is 0 Å². The standard InChI is InChI=1S/C14H20Cl3NO3/c1-9(2)4-5-12(19)18-10(6-7-14(15,16)17)11(21-3)8-13(18)20/h8-10H,4-7H2,1-3H3. The second-order valence-electron chi connectivity index (χ2n) is 5.45. The molecular formula is C14H20Cl3NO3. The lowest BCUT2D eigenvalue weighted by Crippen LogP contribution is -2.41. The van der Waals surface area contributed by atoms with E-state index in [1.54, 1.807) is 0 Å². The van der Waals surface area contributed by atoms with Gasteiger partial charge in [-0.3, -0.25) is 14.5 Å². The van der Waals surface area contributed by atoms with E-state index < -0.39 is 9.83 Å². The fourth-order valence-corrected chi connectivity index (χ4v) is 2.49. The fraction of sp³-hybridized carbons (Fsp3) is 0.714. The molecule has 0 aliphatic carbocycles. The second kappa shape index (κ2) is 7.70. The van der Waals surface area contributed by atoms with Gasteiger partial charge in [-0.15, -0.1) is 0 Å². The highest BCUT2D eigenvalue weighted by Crippen LogP contribution is 2.35. The Morgan fingerprint density at radius 1 is 1.43 bits per heavy atom. The first-order valence-electron chi connectivity index (χ1n) is 6.84. The number of alkyl halides is 3. The van der Waals surface area contributed by atoms with Crippen LogP contribution in [0.1, 0.15) is 39.5 Å². The molecule has 7 heteroatoms. The third-order valence-electron chi connectivity index (χ3n) is 3.28. The number of amides is 2. The Labute approximate surface area is 140 Å². The number of hydrogen-bond donors (Lipinski definition) is 0. The molecule has 1 aliphatic rings. The third-order valence-corrected chi connectivity index (χ3v) is 3.85. The maximum Gasteiger partial charge on any atom is 0.257 e. The summed E-state index contributed by atoms with van der Waals surface area (Å²) >= 11 is 17.3. The SMILES string of the molecule is COC1=CC(=O)N(C(=O)CCC(C)C)C1CCC(Cl)(Cl)Cl. The molecule has 0 saturated heterocycles. The summed E-state index contributed by atoms with van der Waals surface area (Å²) < 4.78 is 3.76. The maximum absolute atomic E-state index is 12.3. The molecule has 1 heterocycles. The van der Waals surface area contributed by atoms with E-state index in [0.29, 0.717) is 24.5 Å². The molecule has 0 fully saturated rings. The normalized spacial score (nSPS) is 19.2. The molecular weight excluding hydrogens is 337 g/mol. The predicted molar refractivity (Wildman–Crippen MR) is 84.3 cm³/mol. The first-order chi connectivity index (χ1) is 9.65. The predicted octanol–water partition coefficient (Wildman–Crippen LogP) is 3.84. The van der Waals surface area contributed by atoms with Crippen LogP contribution in [0.4, 0.5) is 0 Å². The van der Waals surface area contributed by atoms with Gasteiger partial charge in [0.05, 0.1) is 13.2 Å². The van der Waals surface area contributed by atoms with Crippen LogP contribution < -0.4 is 0 Å². The zero-order chi connectivity index (χ0) is 16.2. The Morgan fingerprint density at radius 3 is 2.52 bits per heavy atom. The van der Waals surface area contributed by atoms with E-state index in [1.165, 1.54) is 18.1 Å². The third kappa shape index (κ3) is 5.68. The Balaban J connectivity index is 2.79. The van der Waals surface area contributed by atoms with Crippen LogP contribution in [0.15, 0.2) is 11.8 Å². The Kier molecular flexibility index (Phi) is 6.82. The number of nitrogens with zero attached hydrogens (tertiary/aromatic N) is 1. The summed E-state index contributed by atoms with van der Waals surface area (Å²) in [4.78, 5) is 25.5. The molecule has 4 nitrogen and oxygen atoms in total. The molecule has 0 N–H and O–H groups in total. The van der Waals surface area contributed by atoms with E-state index in [0.717, 1.165) is 6.42 Å². The lowest BCUT2D eigenvalue weighted by atomic mass is 10.1. The summed E-state index contributed by atoms with van der Waals surface area (Å²) in [7, 11) is 1.46. The van der Waals surface area contributed by atoms with Gasteiger partial charge in [-0.1, -0.05) is 48.7 Å². The Bertz CT molecular complexity index is 430. The number of methoxy groups -OCH3 is 1. The zero-order valence-corrected chi connectivity index (χ0v) is 14.6. The average Bonchev–Trinajstić information content (AvgIpc) is 2.68. The van der Waals surface area contributed by atoms with Crippen LogP contribution in [0.2, 0.25) is 0 Å². The largest absolute Gasteiger partial charge is 0.499 e. The fourth-order valence-electron chi connectivity index (χ4n) is 2.16. The lowest BCUT2D eigenvalue weighted by Gasteiger charge is -2.26. The van der Waals surface area contributed by atoms with Crippen molar-refractivity contribution in [1.29, 1.82) is 0 Å². The van der Waals surface area contributed by atoms with Gasteiger partial charge in [0.25, 0.3) is 5.91 Å². The molecule has 2 amide bonds. The summed E-state index contributed by atoms with van der Waals surface area (Å²) in [6.07, 6.45) is 2.95. The van der Waals surface area contributed by atoms with E-state index in [1.807, 2.05) is 13.8 Å². The number of ether oxygens (including phenoxy) is 1. The molecule has 0 aromatic carbocycles. The van der Waals surface area contributed by atoms with Crippen molar-refractivity contribution in [3.8, 4) is 0 Å². The van der Waals surface area contributed by atoms with Crippen LogP contribution >= 0.6 is 34.8 Å². The van der Waals surface area contributed by atoms with Gasteiger partial charge in [0.15, 0.2) is 3.79 Å². The maximum atomic E-state index is 12.3. The van der Waals surface area contributed by atoms with E-state index in [2.05, 4.69) is 0 Å². The minimum atomic E-state index is -1.42. The van der Waals surface area contributed by atoms with Crippen molar-refractivity contribution in [1.82, 2.24) is 4.90 Å².